The predicted octanol–water partition coefficient (Wildman–Crippen LogP) is 0.863. The summed E-state index contributed by atoms with van der Waals surface area (Å²) in [5.41, 5.74) is 5.01. The van der Waals surface area contributed by atoms with Gasteiger partial charge < -0.3 is 5.73 Å². The van der Waals surface area contributed by atoms with Gasteiger partial charge in [-0.2, -0.15) is 0 Å². The van der Waals surface area contributed by atoms with E-state index >= 15 is 0 Å². The second kappa shape index (κ2) is 4.61. The highest BCUT2D eigenvalue weighted by molar-refractivity contribution is 7.92. The van der Waals surface area contributed by atoms with Gasteiger partial charge in [-0.3, -0.25) is 4.79 Å². The molecule has 0 radical (unpaired) electrons. The number of sulfone groups is 1. The predicted molar refractivity (Wildman–Crippen MR) is 56.9 cm³/mol. The van der Waals surface area contributed by atoms with Gasteiger partial charge in [0.05, 0.1) is 4.90 Å². The zero-order valence-corrected chi connectivity index (χ0v) is 9.50. The molecule has 0 aliphatic heterocycles. The summed E-state index contributed by atoms with van der Waals surface area (Å²) in [4.78, 5) is 10.9. The molecule has 0 saturated heterocycles. The molecule has 0 aromatic heterocycles. The van der Waals surface area contributed by atoms with Crippen LogP contribution in [0.4, 0.5) is 4.39 Å². The number of benzene rings is 1. The Bertz CT molecular complexity index is 481. The van der Waals surface area contributed by atoms with E-state index in [-0.39, 0.29) is 11.3 Å². The zero-order valence-electron chi connectivity index (χ0n) is 8.68. The minimum Gasteiger partial charge on any atom is -0.369 e. The van der Waals surface area contributed by atoms with Crippen molar-refractivity contribution in [1.82, 2.24) is 0 Å². The zero-order chi connectivity index (χ0) is 12.3. The van der Waals surface area contributed by atoms with Gasteiger partial charge in [0.1, 0.15) is 11.1 Å². The van der Waals surface area contributed by atoms with Crippen LogP contribution in [0.25, 0.3) is 0 Å². The lowest BCUT2D eigenvalue weighted by atomic mass is 10.3. The third kappa shape index (κ3) is 2.38. The topological polar surface area (TPSA) is 77.2 Å². The minimum absolute atomic E-state index is 0.0923. The number of rotatable bonds is 4. The molecule has 0 aliphatic rings. The highest BCUT2D eigenvalue weighted by atomic mass is 32.2. The summed E-state index contributed by atoms with van der Waals surface area (Å²) in [6.07, 6.45) is 0.0923. The molecular formula is C10H12FNO3S. The van der Waals surface area contributed by atoms with Crippen LogP contribution < -0.4 is 5.73 Å². The van der Waals surface area contributed by atoms with Crippen molar-refractivity contribution in [2.45, 2.75) is 23.5 Å². The van der Waals surface area contributed by atoms with Crippen LogP contribution in [0.3, 0.4) is 0 Å². The summed E-state index contributed by atoms with van der Waals surface area (Å²) in [5.74, 6) is -1.43. The SMILES string of the molecule is CCC(C(N)=O)S(=O)(=O)c1ccc(F)cc1. The summed E-state index contributed by atoms with van der Waals surface area (Å²) >= 11 is 0. The number of carbonyl (C=O) groups is 1. The van der Waals surface area contributed by atoms with E-state index in [9.17, 15) is 17.6 Å². The molecular weight excluding hydrogens is 233 g/mol. The van der Waals surface area contributed by atoms with Crippen molar-refractivity contribution in [1.29, 1.82) is 0 Å². The normalized spacial score (nSPS) is 13.4. The highest BCUT2D eigenvalue weighted by Gasteiger charge is 2.30. The first-order chi connectivity index (χ1) is 7.39. The molecule has 4 nitrogen and oxygen atoms in total. The molecule has 88 valence electrons. The van der Waals surface area contributed by atoms with Gasteiger partial charge in [-0.1, -0.05) is 6.92 Å². The van der Waals surface area contributed by atoms with Crippen LogP contribution in [0.2, 0.25) is 0 Å². The number of carbonyl (C=O) groups excluding carboxylic acids is 1. The Kier molecular flexibility index (Phi) is 3.64. The Balaban J connectivity index is 3.20. The molecule has 0 spiro atoms. The van der Waals surface area contributed by atoms with Gasteiger partial charge >= 0.3 is 0 Å². The molecule has 1 amide bonds. The number of hydrogen-bond acceptors (Lipinski definition) is 3. The summed E-state index contributed by atoms with van der Waals surface area (Å²) in [7, 11) is -3.81. The van der Waals surface area contributed by atoms with E-state index in [4.69, 9.17) is 5.73 Å². The third-order valence-corrected chi connectivity index (χ3v) is 4.45. The van der Waals surface area contributed by atoms with Crippen LogP contribution in [0.5, 0.6) is 0 Å². The van der Waals surface area contributed by atoms with Crippen LogP contribution in [0, 0.1) is 5.82 Å². The Hall–Kier alpha value is -1.43. The second-order valence-electron chi connectivity index (χ2n) is 3.30. The maximum absolute atomic E-state index is 12.6. The van der Waals surface area contributed by atoms with Gasteiger partial charge in [-0.15, -0.1) is 0 Å². The Morgan fingerprint density at radius 1 is 1.38 bits per heavy atom. The molecule has 1 aromatic carbocycles. The highest BCUT2D eigenvalue weighted by Crippen LogP contribution is 2.18. The van der Waals surface area contributed by atoms with E-state index in [1.807, 2.05) is 0 Å². The lowest BCUT2D eigenvalue weighted by Crippen LogP contribution is -2.35. The number of halogens is 1. The lowest BCUT2D eigenvalue weighted by Gasteiger charge is -2.11. The van der Waals surface area contributed by atoms with Crippen molar-refractivity contribution in [3.8, 4) is 0 Å². The van der Waals surface area contributed by atoms with Gasteiger partial charge in [-0.25, -0.2) is 12.8 Å². The molecule has 0 fully saturated rings. The largest absolute Gasteiger partial charge is 0.369 e. The molecule has 0 aliphatic carbocycles. The molecule has 0 saturated carbocycles. The average Bonchev–Trinajstić information content (AvgIpc) is 2.18. The number of amides is 1. The number of nitrogens with two attached hydrogens (primary N) is 1. The Morgan fingerprint density at radius 3 is 2.25 bits per heavy atom. The molecule has 0 bridgehead atoms. The van der Waals surface area contributed by atoms with E-state index in [0.717, 1.165) is 24.3 Å². The maximum Gasteiger partial charge on any atom is 0.236 e. The van der Waals surface area contributed by atoms with Gasteiger partial charge in [0, 0.05) is 0 Å². The maximum atomic E-state index is 12.6. The molecule has 1 rings (SSSR count). The van der Waals surface area contributed by atoms with Crippen molar-refractivity contribution in [3.63, 3.8) is 0 Å². The van der Waals surface area contributed by atoms with E-state index in [0.29, 0.717) is 0 Å². The quantitative estimate of drug-likeness (QED) is 0.799. The fourth-order valence-electron chi connectivity index (χ4n) is 1.36. The molecule has 2 N–H and O–H groups in total. The van der Waals surface area contributed by atoms with Crippen LogP contribution in [0.15, 0.2) is 29.2 Å². The van der Waals surface area contributed by atoms with Crippen molar-refractivity contribution < 1.29 is 17.6 Å². The minimum atomic E-state index is -3.81. The van der Waals surface area contributed by atoms with Crippen molar-refractivity contribution in [3.05, 3.63) is 30.1 Å². The van der Waals surface area contributed by atoms with Gasteiger partial charge in [0.2, 0.25) is 5.91 Å². The molecule has 16 heavy (non-hydrogen) atoms. The first-order valence-electron chi connectivity index (χ1n) is 4.68. The first kappa shape index (κ1) is 12.6. The van der Waals surface area contributed by atoms with Gasteiger partial charge in [-0.05, 0) is 30.7 Å². The lowest BCUT2D eigenvalue weighted by molar-refractivity contribution is -0.117. The first-order valence-corrected chi connectivity index (χ1v) is 6.23. The monoisotopic (exact) mass is 245 g/mol. The van der Waals surface area contributed by atoms with E-state index in [2.05, 4.69) is 0 Å². The van der Waals surface area contributed by atoms with Gasteiger partial charge in [0.15, 0.2) is 9.84 Å². The average molecular weight is 245 g/mol. The molecule has 1 unspecified atom stereocenters. The Labute approximate surface area is 93.2 Å². The van der Waals surface area contributed by atoms with Crippen LogP contribution >= 0.6 is 0 Å². The number of hydrogen-bond donors (Lipinski definition) is 1. The van der Waals surface area contributed by atoms with Crippen molar-refractivity contribution in [2.75, 3.05) is 0 Å². The smallest absolute Gasteiger partial charge is 0.236 e. The van der Waals surface area contributed by atoms with E-state index in [1.54, 1.807) is 6.92 Å². The van der Waals surface area contributed by atoms with Crippen LogP contribution in [-0.4, -0.2) is 19.6 Å². The summed E-state index contributed by atoms with van der Waals surface area (Å²) in [5, 5.41) is -1.27. The van der Waals surface area contributed by atoms with Crippen molar-refractivity contribution >= 4 is 15.7 Å². The molecule has 6 heteroatoms. The number of primary amides is 1. The van der Waals surface area contributed by atoms with Crippen molar-refractivity contribution in [2.24, 2.45) is 5.73 Å². The fourth-order valence-corrected chi connectivity index (χ4v) is 2.95. The summed E-state index contributed by atoms with van der Waals surface area (Å²) < 4.78 is 36.4. The molecule has 1 aromatic rings. The third-order valence-electron chi connectivity index (χ3n) is 2.20. The summed E-state index contributed by atoms with van der Waals surface area (Å²) in [6.45, 7) is 1.55. The molecule has 1 atom stereocenters. The van der Waals surface area contributed by atoms with Crippen LogP contribution in [-0.2, 0) is 14.6 Å². The van der Waals surface area contributed by atoms with Crippen LogP contribution in [0.1, 0.15) is 13.3 Å². The second-order valence-corrected chi connectivity index (χ2v) is 5.43. The molecule has 0 heterocycles. The Morgan fingerprint density at radius 2 is 1.88 bits per heavy atom. The summed E-state index contributed by atoms with van der Waals surface area (Å²) in [6, 6.07) is 4.30. The van der Waals surface area contributed by atoms with Gasteiger partial charge in [0.25, 0.3) is 0 Å². The fraction of sp³-hybridized carbons (Fsp3) is 0.300. The van der Waals surface area contributed by atoms with E-state index < -0.39 is 26.8 Å². The van der Waals surface area contributed by atoms with E-state index in [1.165, 1.54) is 0 Å². The standard InChI is InChI=1S/C10H12FNO3S/c1-2-9(10(12)13)16(14,15)8-5-3-7(11)4-6-8/h3-6,9H,2H2,1H3,(H2,12,13).